The molecule has 0 spiro atoms. The lowest BCUT2D eigenvalue weighted by Gasteiger charge is -2.09. The van der Waals surface area contributed by atoms with E-state index >= 15 is 0 Å². The molecule has 1 aromatic carbocycles. The molecule has 2 aromatic rings. The maximum atomic E-state index is 14.2. The van der Waals surface area contributed by atoms with Crippen LogP contribution >= 0.6 is 11.3 Å². The lowest BCUT2D eigenvalue weighted by Crippen LogP contribution is -2.04. The Kier molecular flexibility index (Phi) is 6.21. The Bertz CT molecular complexity index is 748. The Labute approximate surface area is 154 Å². The second-order valence-corrected chi connectivity index (χ2v) is 7.37. The van der Waals surface area contributed by atoms with Gasteiger partial charge < -0.3 is 14.6 Å². The number of ether oxygens (including phenoxy) is 2. The number of halogens is 2. The van der Waals surface area contributed by atoms with Crippen LogP contribution in [-0.4, -0.2) is 24.3 Å². The van der Waals surface area contributed by atoms with Crippen molar-refractivity contribution in [3.63, 3.8) is 0 Å². The highest BCUT2D eigenvalue weighted by Crippen LogP contribution is 2.33. The molecule has 140 valence electrons. The molecule has 0 atom stereocenters. The van der Waals surface area contributed by atoms with Crippen molar-refractivity contribution in [1.82, 2.24) is 0 Å². The van der Waals surface area contributed by atoms with E-state index in [0.717, 1.165) is 17.0 Å². The maximum absolute atomic E-state index is 14.2. The summed E-state index contributed by atoms with van der Waals surface area (Å²) in [5.74, 6) is -2.34. The van der Waals surface area contributed by atoms with E-state index in [1.165, 1.54) is 36.3 Å². The average Bonchev–Trinajstić information content (AvgIpc) is 3.28. The molecule has 4 nitrogen and oxygen atoms in total. The molecule has 0 bridgehead atoms. The van der Waals surface area contributed by atoms with Crippen LogP contribution in [0.5, 0.6) is 5.75 Å². The first-order chi connectivity index (χ1) is 12.5. The van der Waals surface area contributed by atoms with Gasteiger partial charge in [-0.25, -0.2) is 8.78 Å². The van der Waals surface area contributed by atoms with Gasteiger partial charge in [-0.1, -0.05) is 0 Å². The van der Waals surface area contributed by atoms with E-state index in [1.54, 1.807) is 0 Å². The van der Waals surface area contributed by atoms with Crippen molar-refractivity contribution in [3.05, 3.63) is 40.1 Å². The largest absolute Gasteiger partial charge is 0.488 e. The molecule has 0 amide bonds. The Balaban J connectivity index is 1.61. The SMILES string of the molecule is O=C(O)CCCOc1c(F)cc(-c2csc(COCC3CC3)c2)cc1F. The lowest BCUT2D eigenvalue weighted by molar-refractivity contribution is -0.137. The summed E-state index contributed by atoms with van der Waals surface area (Å²) in [5.41, 5.74) is 1.16. The quantitative estimate of drug-likeness (QED) is 0.596. The third-order valence-corrected chi connectivity index (χ3v) is 4.97. The van der Waals surface area contributed by atoms with Crippen molar-refractivity contribution in [2.45, 2.75) is 32.3 Å². The summed E-state index contributed by atoms with van der Waals surface area (Å²) in [4.78, 5) is 11.4. The number of aliphatic carboxylic acids is 1. The minimum absolute atomic E-state index is 0.0551. The van der Waals surface area contributed by atoms with Crippen LogP contribution in [0.25, 0.3) is 11.1 Å². The van der Waals surface area contributed by atoms with Gasteiger partial charge in [0.2, 0.25) is 0 Å². The van der Waals surface area contributed by atoms with Crippen molar-refractivity contribution >= 4 is 17.3 Å². The van der Waals surface area contributed by atoms with Gasteiger partial charge in [0, 0.05) is 17.9 Å². The topological polar surface area (TPSA) is 55.8 Å². The number of thiophene rings is 1. The summed E-state index contributed by atoms with van der Waals surface area (Å²) >= 11 is 1.50. The predicted octanol–water partition coefficient (Wildman–Crippen LogP) is 4.86. The summed E-state index contributed by atoms with van der Waals surface area (Å²) in [6, 6.07) is 4.33. The molecule has 0 unspecified atom stereocenters. The number of carbonyl (C=O) groups is 1. The van der Waals surface area contributed by atoms with Crippen LogP contribution in [0.4, 0.5) is 8.78 Å². The van der Waals surface area contributed by atoms with Gasteiger partial charge in [0.25, 0.3) is 0 Å². The first kappa shape index (κ1) is 18.8. The van der Waals surface area contributed by atoms with Gasteiger partial charge >= 0.3 is 5.97 Å². The van der Waals surface area contributed by atoms with Gasteiger partial charge in [0.05, 0.1) is 13.2 Å². The van der Waals surface area contributed by atoms with Crippen LogP contribution in [0, 0.1) is 17.6 Å². The number of carboxylic acids is 1. The average molecular weight is 382 g/mol. The first-order valence-electron chi connectivity index (χ1n) is 8.52. The predicted molar refractivity (Wildman–Crippen MR) is 94.4 cm³/mol. The Hall–Kier alpha value is -1.99. The Morgan fingerprint density at radius 3 is 2.58 bits per heavy atom. The third kappa shape index (κ3) is 5.25. The molecule has 1 saturated carbocycles. The Morgan fingerprint density at radius 2 is 1.92 bits per heavy atom. The van der Waals surface area contributed by atoms with Gasteiger partial charge in [-0.15, -0.1) is 11.3 Å². The van der Waals surface area contributed by atoms with Crippen molar-refractivity contribution < 1.29 is 28.2 Å². The molecule has 7 heteroatoms. The van der Waals surface area contributed by atoms with Crippen LogP contribution in [0.3, 0.4) is 0 Å². The van der Waals surface area contributed by atoms with E-state index in [9.17, 15) is 13.6 Å². The molecule has 1 aliphatic rings. The molecule has 0 aliphatic heterocycles. The molecule has 0 saturated heterocycles. The fraction of sp³-hybridized carbons (Fsp3) is 0.421. The molecule has 3 rings (SSSR count). The zero-order valence-corrected chi connectivity index (χ0v) is 15.0. The van der Waals surface area contributed by atoms with E-state index in [2.05, 4.69) is 0 Å². The highest BCUT2D eigenvalue weighted by Gasteiger charge is 2.21. The number of hydrogen-bond donors (Lipinski definition) is 1. The number of carboxylic acid groups (broad SMARTS) is 1. The molecular weight excluding hydrogens is 362 g/mol. The fourth-order valence-electron chi connectivity index (χ4n) is 2.48. The molecule has 1 fully saturated rings. The Morgan fingerprint density at radius 1 is 1.19 bits per heavy atom. The smallest absolute Gasteiger partial charge is 0.303 e. The highest BCUT2D eigenvalue weighted by molar-refractivity contribution is 7.10. The zero-order valence-electron chi connectivity index (χ0n) is 14.2. The van der Waals surface area contributed by atoms with Gasteiger partial charge in [-0.05, 0) is 59.9 Å². The summed E-state index contributed by atoms with van der Waals surface area (Å²) in [5, 5.41) is 10.4. The molecule has 1 aromatic heterocycles. The van der Waals surface area contributed by atoms with E-state index in [-0.39, 0.29) is 19.4 Å². The number of benzene rings is 1. The van der Waals surface area contributed by atoms with Crippen LogP contribution in [0.2, 0.25) is 0 Å². The van der Waals surface area contributed by atoms with Crippen molar-refractivity contribution in [2.75, 3.05) is 13.2 Å². The minimum Gasteiger partial charge on any atom is -0.488 e. The monoisotopic (exact) mass is 382 g/mol. The van der Waals surface area contributed by atoms with Crippen LogP contribution in [-0.2, 0) is 16.1 Å². The van der Waals surface area contributed by atoms with Crippen LogP contribution < -0.4 is 4.74 Å². The lowest BCUT2D eigenvalue weighted by atomic mass is 10.1. The van der Waals surface area contributed by atoms with Crippen molar-refractivity contribution in [2.24, 2.45) is 5.92 Å². The van der Waals surface area contributed by atoms with Crippen molar-refractivity contribution in [3.8, 4) is 16.9 Å². The van der Waals surface area contributed by atoms with E-state index in [1.807, 2.05) is 11.4 Å². The van der Waals surface area contributed by atoms with Crippen LogP contribution in [0.1, 0.15) is 30.6 Å². The van der Waals surface area contributed by atoms with Gasteiger partial charge in [0.1, 0.15) is 0 Å². The molecule has 26 heavy (non-hydrogen) atoms. The minimum atomic E-state index is -0.973. The summed E-state index contributed by atoms with van der Waals surface area (Å²) in [7, 11) is 0. The van der Waals surface area contributed by atoms with E-state index in [0.29, 0.717) is 18.1 Å². The number of rotatable bonds is 10. The van der Waals surface area contributed by atoms with Gasteiger partial charge in [-0.2, -0.15) is 0 Å². The van der Waals surface area contributed by atoms with Crippen LogP contribution in [0.15, 0.2) is 23.6 Å². The molecular formula is C19H20F2O4S. The first-order valence-corrected chi connectivity index (χ1v) is 9.40. The second-order valence-electron chi connectivity index (χ2n) is 6.37. The van der Waals surface area contributed by atoms with Crippen molar-refractivity contribution in [1.29, 1.82) is 0 Å². The van der Waals surface area contributed by atoms with E-state index in [4.69, 9.17) is 14.6 Å². The normalized spacial score (nSPS) is 13.8. The highest BCUT2D eigenvalue weighted by atomic mass is 32.1. The maximum Gasteiger partial charge on any atom is 0.303 e. The zero-order chi connectivity index (χ0) is 18.5. The third-order valence-electron chi connectivity index (χ3n) is 4.06. The van der Waals surface area contributed by atoms with E-state index < -0.39 is 23.4 Å². The summed E-state index contributed by atoms with van der Waals surface area (Å²) in [6.45, 7) is 1.22. The summed E-state index contributed by atoms with van der Waals surface area (Å²) < 4.78 is 39.1. The number of hydrogen-bond acceptors (Lipinski definition) is 4. The molecule has 1 aliphatic carbocycles. The second kappa shape index (κ2) is 8.60. The standard InChI is InChI=1S/C19H20F2O4S/c20-16-7-13(8-17(21)19(16)25-5-1-2-18(22)23)14-6-15(26-11-14)10-24-9-12-3-4-12/h6-8,11-12H,1-5,9-10H2,(H,22,23). The molecule has 1 heterocycles. The molecule has 0 radical (unpaired) electrons. The van der Waals surface area contributed by atoms with Gasteiger partial charge in [0.15, 0.2) is 17.4 Å². The molecule has 1 N–H and O–H groups in total. The summed E-state index contributed by atoms with van der Waals surface area (Å²) in [6.07, 6.45) is 2.55. The van der Waals surface area contributed by atoms with Gasteiger partial charge in [-0.3, -0.25) is 4.79 Å². The fourth-order valence-corrected chi connectivity index (χ4v) is 3.31.